The number of halogens is 1. The van der Waals surface area contributed by atoms with Crippen molar-refractivity contribution in [3.8, 4) is 11.5 Å². The van der Waals surface area contributed by atoms with Crippen LogP contribution in [0.3, 0.4) is 0 Å². The molecule has 0 radical (unpaired) electrons. The molecule has 2 aliphatic heterocycles. The second kappa shape index (κ2) is 11.2. The van der Waals surface area contributed by atoms with Gasteiger partial charge in [0.15, 0.2) is 11.5 Å². The lowest BCUT2D eigenvalue weighted by atomic mass is 10.0. The molecule has 0 atom stereocenters. The topological polar surface area (TPSA) is 99.0 Å². The van der Waals surface area contributed by atoms with Crippen molar-refractivity contribution in [3.05, 3.63) is 58.5 Å². The first-order chi connectivity index (χ1) is 18.7. The molecular weight excluding hydrogens is 505 g/mol. The zero-order valence-electron chi connectivity index (χ0n) is 22.6. The second-order valence-corrected chi connectivity index (χ2v) is 10.9. The van der Waals surface area contributed by atoms with Crippen LogP contribution >= 0.6 is 0 Å². The predicted octanol–water partition coefficient (Wildman–Crippen LogP) is 3.60. The van der Waals surface area contributed by atoms with Crippen LogP contribution in [0.2, 0.25) is 0 Å². The minimum Gasteiger partial charge on any atom is -0.486 e. The maximum absolute atomic E-state index is 13.9. The van der Waals surface area contributed by atoms with Crippen molar-refractivity contribution in [2.75, 3.05) is 32.8 Å². The standard InChI is InChI=1S/C28H34FN5O5/c1-28(2,3)39-27(36)34(18-20-15-24-25(16-30-20)38-13-12-37-24)21-6-8-32(9-7-21)10-11-33-23-14-19(29)4-5-22(23)31-17-26(33)35/h4-5,14-17,21H,6-13,18H2,1-3H3. The molecule has 1 aromatic carbocycles. The maximum Gasteiger partial charge on any atom is 0.410 e. The normalized spacial score (nSPS) is 16.3. The Morgan fingerprint density at radius 2 is 1.82 bits per heavy atom. The molecule has 0 unspecified atom stereocenters. The smallest absolute Gasteiger partial charge is 0.410 e. The molecule has 4 heterocycles. The van der Waals surface area contributed by atoms with Crippen molar-refractivity contribution >= 4 is 17.1 Å². The van der Waals surface area contributed by atoms with Gasteiger partial charge in [0.2, 0.25) is 0 Å². The second-order valence-electron chi connectivity index (χ2n) is 10.9. The Labute approximate surface area is 226 Å². The summed E-state index contributed by atoms with van der Waals surface area (Å²) in [4.78, 5) is 38.4. The van der Waals surface area contributed by atoms with Gasteiger partial charge in [0.05, 0.1) is 35.7 Å². The zero-order chi connectivity index (χ0) is 27.6. The van der Waals surface area contributed by atoms with Crippen LogP contribution in [0.15, 0.2) is 41.5 Å². The summed E-state index contributed by atoms with van der Waals surface area (Å²) in [6.07, 6.45) is 4.01. The fourth-order valence-corrected chi connectivity index (χ4v) is 4.98. The summed E-state index contributed by atoms with van der Waals surface area (Å²) in [5.74, 6) is 0.828. The first-order valence-electron chi connectivity index (χ1n) is 13.3. The van der Waals surface area contributed by atoms with E-state index < -0.39 is 11.4 Å². The molecule has 1 amide bonds. The van der Waals surface area contributed by atoms with Crippen LogP contribution < -0.4 is 15.0 Å². The average molecular weight is 540 g/mol. The molecule has 0 N–H and O–H groups in total. The number of hydrogen-bond donors (Lipinski definition) is 0. The van der Waals surface area contributed by atoms with Gasteiger partial charge in [-0.15, -0.1) is 0 Å². The van der Waals surface area contributed by atoms with Gasteiger partial charge in [-0.05, 0) is 51.8 Å². The summed E-state index contributed by atoms with van der Waals surface area (Å²) in [7, 11) is 0. The minimum absolute atomic E-state index is 0.0373. The quantitative estimate of drug-likeness (QED) is 0.469. The Balaban J connectivity index is 1.26. The number of aromatic nitrogens is 3. The molecule has 0 aliphatic carbocycles. The lowest BCUT2D eigenvalue weighted by Crippen LogP contribution is -2.49. The van der Waals surface area contributed by atoms with E-state index in [1.54, 1.807) is 21.7 Å². The summed E-state index contributed by atoms with van der Waals surface area (Å²) in [6.45, 7) is 9.33. The zero-order valence-corrected chi connectivity index (χ0v) is 22.6. The lowest BCUT2D eigenvalue weighted by molar-refractivity contribution is 0.00529. The largest absolute Gasteiger partial charge is 0.486 e. The van der Waals surface area contributed by atoms with Gasteiger partial charge in [-0.1, -0.05) is 0 Å². The van der Waals surface area contributed by atoms with Crippen molar-refractivity contribution in [1.29, 1.82) is 0 Å². The molecule has 1 fully saturated rings. The third-order valence-corrected chi connectivity index (χ3v) is 6.89. The highest BCUT2D eigenvalue weighted by atomic mass is 19.1. The van der Waals surface area contributed by atoms with E-state index in [1.165, 1.54) is 18.3 Å². The minimum atomic E-state index is -0.629. The van der Waals surface area contributed by atoms with E-state index >= 15 is 0 Å². The Kier molecular flexibility index (Phi) is 7.69. The third-order valence-electron chi connectivity index (χ3n) is 6.89. The fraction of sp³-hybridized carbons (Fsp3) is 0.500. The number of amides is 1. The maximum atomic E-state index is 13.9. The highest BCUT2D eigenvalue weighted by Gasteiger charge is 2.32. The van der Waals surface area contributed by atoms with E-state index in [0.717, 1.165) is 25.9 Å². The van der Waals surface area contributed by atoms with E-state index in [9.17, 15) is 14.0 Å². The van der Waals surface area contributed by atoms with E-state index in [1.807, 2.05) is 26.8 Å². The van der Waals surface area contributed by atoms with Crippen LogP contribution in [-0.4, -0.2) is 74.9 Å². The lowest BCUT2D eigenvalue weighted by Gasteiger charge is -2.39. The van der Waals surface area contributed by atoms with Crippen LogP contribution in [0.25, 0.3) is 11.0 Å². The molecule has 208 valence electrons. The molecule has 2 aliphatic rings. The van der Waals surface area contributed by atoms with Gasteiger partial charge in [-0.25, -0.2) is 14.2 Å². The number of rotatable bonds is 6. The number of piperidine rings is 1. The summed E-state index contributed by atoms with van der Waals surface area (Å²) >= 11 is 0. The SMILES string of the molecule is CC(C)(C)OC(=O)N(Cc1cc2c(cn1)OCCO2)C1CCN(CCn2c(=O)cnc3ccc(F)cc32)CC1. The number of carbonyl (C=O) groups excluding carboxylic acids is 1. The van der Waals surface area contributed by atoms with Crippen LogP contribution in [0, 0.1) is 5.82 Å². The highest BCUT2D eigenvalue weighted by molar-refractivity contribution is 5.74. The number of hydrogen-bond acceptors (Lipinski definition) is 8. The van der Waals surface area contributed by atoms with E-state index in [-0.39, 0.29) is 17.7 Å². The molecule has 0 saturated carbocycles. The van der Waals surface area contributed by atoms with Gasteiger partial charge >= 0.3 is 6.09 Å². The molecule has 11 heteroatoms. The van der Waals surface area contributed by atoms with Gasteiger partial charge in [0.25, 0.3) is 5.56 Å². The van der Waals surface area contributed by atoms with Crippen LogP contribution in [0.5, 0.6) is 11.5 Å². The molecule has 3 aromatic rings. The van der Waals surface area contributed by atoms with Crippen LogP contribution in [0.4, 0.5) is 9.18 Å². The summed E-state index contributed by atoms with van der Waals surface area (Å²) < 4.78 is 32.4. The summed E-state index contributed by atoms with van der Waals surface area (Å²) in [5.41, 5.74) is 0.877. The first kappa shape index (κ1) is 26.9. The monoisotopic (exact) mass is 539 g/mol. The molecule has 1 saturated heterocycles. The van der Waals surface area contributed by atoms with Gasteiger partial charge in [0, 0.05) is 38.3 Å². The molecule has 10 nitrogen and oxygen atoms in total. The number of nitrogens with zero attached hydrogens (tertiary/aromatic N) is 5. The summed E-state index contributed by atoms with van der Waals surface area (Å²) in [6, 6.07) is 6.05. The molecule has 2 aromatic heterocycles. The van der Waals surface area contributed by atoms with Crippen molar-refractivity contribution in [2.45, 2.75) is 58.3 Å². The van der Waals surface area contributed by atoms with Crippen LogP contribution in [0.1, 0.15) is 39.3 Å². The van der Waals surface area contributed by atoms with Crippen molar-refractivity contribution in [3.63, 3.8) is 0 Å². The van der Waals surface area contributed by atoms with Crippen LogP contribution in [-0.2, 0) is 17.8 Å². The molecule has 5 rings (SSSR count). The van der Waals surface area contributed by atoms with Crippen molar-refractivity contribution < 1.29 is 23.4 Å². The molecule has 0 bridgehead atoms. The number of pyridine rings is 1. The Morgan fingerprint density at radius 3 is 2.56 bits per heavy atom. The Morgan fingerprint density at radius 1 is 1.08 bits per heavy atom. The molecular formula is C28H34FN5O5. The summed E-state index contributed by atoms with van der Waals surface area (Å²) in [5, 5.41) is 0. The number of benzene rings is 1. The predicted molar refractivity (Wildman–Crippen MR) is 142 cm³/mol. The van der Waals surface area contributed by atoms with Crippen molar-refractivity contribution in [2.24, 2.45) is 0 Å². The first-order valence-corrected chi connectivity index (χ1v) is 13.3. The number of fused-ring (bicyclic) bond motifs is 2. The number of ether oxygens (including phenoxy) is 3. The third kappa shape index (κ3) is 6.47. The van der Waals surface area contributed by atoms with E-state index in [2.05, 4.69) is 14.9 Å². The van der Waals surface area contributed by atoms with Crippen molar-refractivity contribution in [1.82, 2.24) is 24.3 Å². The fourth-order valence-electron chi connectivity index (χ4n) is 4.98. The van der Waals surface area contributed by atoms with Gasteiger partial charge in [0.1, 0.15) is 24.6 Å². The molecule has 39 heavy (non-hydrogen) atoms. The number of likely N-dealkylation sites (tertiary alicyclic amines) is 1. The van der Waals surface area contributed by atoms with E-state index in [4.69, 9.17) is 14.2 Å². The Hall–Kier alpha value is -3.73. The average Bonchev–Trinajstić information content (AvgIpc) is 2.90. The van der Waals surface area contributed by atoms with Gasteiger partial charge < -0.3 is 23.7 Å². The van der Waals surface area contributed by atoms with Gasteiger partial charge in [-0.2, -0.15) is 0 Å². The van der Waals surface area contributed by atoms with Gasteiger partial charge in [-0.3, -0.25) is 14.7 Å². The Bertz CT molecular complexity index is 1400. The molecule has 0 spiro atoms. The van der Waals surface area contributed by atoms with E-state index in [0.29, 0.717) is 61.1 Å². The number of carbonyl (C=O) groups is 1. The highest BCUT2D eigenvalue weighted by Crippen LogP contribution is 2.30.